The number of carbonyl (C=O) groups excluding carboxylic acids is 1. The van der Waals surface area contributed by atoms with E-state index >= 15 is 0 Å². The lowest BCUT2D eigenvalue weighted by molar-refractivity contribution is -0.139. The standard InChI is InChI=1S/C16H30N2O3/c1-3-4-8-14(15(19)20)18-16(21)17-10-9-13-7-5-6-12(2)11-13/h12-14H,3-11H2,1-2H3,(H,19,20)(H2,17,18,21)/t12?,13?,14-/m0/s1. The second kappa shape index (κ2) is 9.64. The smallest absolute Gasteiger partial charge is 0.326 e. The Morgan fingerprint density at radius 2 is 2.10 bits per heavy atom. The molecule has 2 unspecified atom stereocenters. The van der Waals surface area contributed by atoms with Crippen molar-refractivity contribution in [1.82, 2.24) is 10.6 Å². The van der Waals surface area contributed by atoms with Gasteiger partial charge in [0.1, 0.15) is 6.04 Å². The van der Waals surface area contributed by atoms with Crippen LogP contribution in [-0.2, 0) is 4.79 Å². The second-order valence-corrected chi connectivity index (χ2v) is 6.36. The maximum absolute atomic E-state index is 11.7. The first-order valence-corrected chi connectivity index (χ1v) is 8.30. The molecule has 0 aromatic carbocycles. The topological polar surface area (TPSA) is 78.4 Å². The molecule has 0 spiro atoms. The number of hydrogen-bond donors (Lipinski definition) is 3. The van der Waals surface area contributed by atoms with Gasteiger partial charge in [0, 0.05) is 6.54 Å². The van der Waals surface area contributed by atoms with Crippen LogP contribution in [0.1, 0.15) is 65.2 Å². The van der Waals surface area contributed by atoms with Crippen molar-refractivity contribution in [2.24, 2.45) is 11.8 Å². The molecule has 0 aliphatic heterocycles. The van der Waals surface area contributed by atoms with Crippen molar-refractivity contribution in [3.63, 3.8) is 0 Å². The number of nitrogens with one attached hydrogen (secondary N) is 2. The largest absolute Gasteiger partial charge is 0.480 e. The maximum Gasteiger partial charge on any atom is 0.326 e. The van der Waals surface area contributed by atoms with Gasteiger partial charge >= 0.3 is 12.0 Å². The van der Waals surface area contributed by atoms with E-state index in [1.54, 1.807) is 0 Å². The molecule has 1 fully saturated rings. The summed E-state index contributed by atoms with van der Waals surface area (Å²) < 4.78 is 0. The van der Waals surface area contributed by atoms with E-state index in [1.807, 2.05) is 6.92 Å². The number of urea groups is 1. The highest BCUT2D eigenvalue weighted by Gasteiger charge is 2.20. The molecule has 3 atom stereocenters. The SMILES string of the molecule is CCCC[C@H](NC(=O)NCCC1CCCC(C)C1)C(=O)O. The molecule has 0 bridgehead atoms. The van der Waals surface area contributed by atoms with Gasteiger partial charge in [0.05, 0.1) is 0 Å². The minimum Gasteiger partial charge on any atom is -0.480 e. The zero-order valence-electron chi connectivity index (χ0n) is 13.4. The quantitative estimate of drug-likeness (QED) is 0.644. The summed E-state index contributed by atoms with van der Waals surface area (Å²) in [7, 11) is 0. The Hall–Kier alpha value is -1.26. The Kier molecular flexibility index (Phi) is 8.16. The van der Waals surface area contributed by atoms with Crippen LogP contribution in [-0.4, -0.2) is 29.7 Å². The van der Waals surface area contributed by atoms with Gasteiger partial charge in [0.2, 0.25) is 0 Å². The lowest BCUT2D eigenvalue weighted by Gasteiger charge is -2.26. The average Bonchev–Trinajstić information content (AvgIpc) is 2.43. The third-order valence-corrected chi connectivity index (χ3v) is 4.33. The number of carboxylic acids is 1. The minimum atomic E-state index is -0.959. The van der Waals surface area contributed by atoms with Crippen LogP contribution in [0.5, 0.6) is 0 Å². The van der Waals surface area contributed by atoms with Crippen molar-refractivity contribution < 1.29 is 14.7 Å². The first kappa shape index (κ1) is 17.8. The highest BCUT2D eigenvalue weighted by Crippen LogP contribution is 2.30. The summed E-state index contributed by atoms with van der Waals surface area (Å²) >= 11 is 0. The number of amides is 2. The van der Waals surface area contributed by atoms with Crippen molar-refractivity contribution in [3.05, 3.63) is 0 Å². The number of carbonyl (C=O) groups is 2. The molecule has 0 aromatic rings. The van der Waals surface area contributed by atoms with Crippen LogP contribution in [0.15, 0.2) is 0 Å². The van der Waals surface area contributed by atoms with Crippen LogP contribution in [0.4, 0.5) is 4.79 Å². The summed E-state index contributed by atoms with van der Waals surface area (Å²) in [6.07, 6.45) is 8.31. The van der Waals surface area contributed by atoms with Crippen molar-refractivity contribution >= 4 is 12.0 Å². The van der Waals surface area contributed by atoms with Crippen LogP contribution >= 0.6 is 0 Å². The second-order valence-electron chi connectivity index (χ2n) is 6.36. The molecule has 0 radical (unpaired) electrons. The molecule has 5 nitrogen and oxygen atoms in total. The molecule has 0 aromatic heterocycles. The monoisotopic (exact) mass is 298 g/mol. The lowest BCUT2D eigenvalue weighted by atomic mass is 9.81. The van der Waals surface area contributed by atoms with Gasteiger partial charge in [-0.3, -0.25) is 0 Å². The molecule has 1 aliphatic carbocycles. The Labute approximate surface area is 127 Å². The number of unbranched alkanes of at least 4 members (excludes halogenated alkanes) is 1. The molecule has 1 aliphatic rings. The fourth-order valence-electron chi connectivity index (χ4n) is 3.09. The van der Waals surface area contributed by atoms with E-state index in [9.17, 15) is 9.59 Å². The van der Waals surface area contributed by atoms with Crippen LogP contribution < -0.4 is 10.6 Å². The first-order valence-electron chi connectivity index (χ1n) is 8.30. The normalized spacial score (nSPS) is 23.3. The molecule has 0 saturated heterocycles. The summed E-state index contributed by atoms with van der Waals surface area (Å²) in [6, 6.07) is -1.14. The maximum atomic E-state index is 11.7. The molecule has 0 heterocycles. The number of rotatable bonds is 8. The van der Waals surface area contributed by atoms with Crippen molar-refractivity contribution in [2.45, 2.75) is 71.3 Å². The van der Waals surface area contributed by atoms with Crippen molar-refractivity contribution in [2.75, 3.05) is 6.54 Å². The van der Waals surface area contributed by atoms with Gasteiger partial charge in [-0.2, -0.15) is 0 Å². The van der Waals surface area contributed by atoms with E-state index in [2.05, 4.69) is 17.6 Å². The zero-order valence-corrected chi connectivity index (χ0v) is 13.4. The van der Waals surface area contributed by atoms with Crippen molar-refractivity contribution in [3.8, 4) is 0 Å². The van der Waals surface area contributed by atoms with Crippen LogP contribution in [0.3, 0.4) is 0 Å². The molecule has 3 N–H and O–H groups in total. The van der Waals surface area contributed by atoms with E-state index < -0.39 is 12.0 Å². The van der Waals surface area contributed by atoms with Crippen molar-refractivity contribution in [1.29, 1.82) is 0 Å². The molecule has 21 heavy (non-hydrogen) atoms. The van der Waals surface area contributed by atoms with E-state index in [0.29, 0.717) is 18.9 Å². The lowest BCUT2D eigenvalue weighted by Crippen LogP contribution is -2.46. The van der Waals surface area contributed by atoms with Crippen LogP contribution in [0, 0.1) is 11.8 Å². The van der Waals surface area contributed by atoms with Gasteiger partial charge in [-0.05, 0) is 31.1 Å². The van der Waals surface area contributed by atoms with E-state index in [-0.39, 0.29) is 6.03 Å². The molecule has 5 heteroatoms. The summed E-state index contributed by atoms with van der Waals surface area (Å²) in [5.74, 6) is 0.534. The zero-order chi connectivity index (χ0) is 15.7. The number of carboxylic acid groups (broad SMARTS) is 1. The average molecular weight is 298 g/mol. The summed E-state index contributed by atoms with van der Waals surface area (Å²) in [5.41, 5.74) is 0. The van der Waals surface area contributed by atoms with Gasteiger partial charge in [-0.15, -0.1) is 0 Å². The fraction of sp³-hybridized carbons (Fsp3) is 0.875. The van der Waals surface area contributed by atoms with E-state index in [4.69, 9.17) is 5.11 Å². The number of aliphatic carboxylic acids is 1. The van der Waals surface area contributed by atoms with E-state index in [1.165, 1.54) is 25.7 Å². The van der Waals surface area contributed by atoms with Gasteiger partial charge in [-0.1, -0.05) is 46.0 Å². The Morgan fingerprint density at radius 1 is 1.33 bits per heavy atom. The van der Waals surface area contributed by atoms with Gasteiger partial charge in [-0.25, -0.2) is 9.59 Å². The minimum absolute atomic E-state index is 0.359. The van der Waals surface area contributed by atoms with Crippen LogP contribution in [0.25, 0.3) is 0 Å². The molecule has 2 amide bonds. The highest BCUT2D eigenvalue weighted by atomic mass is 16.4. The molecule has 1 saturated carbocycles. The molecular weight excluding hydrogens is 268 g/mol. The van der Waals surface area contributed by atoms with Gasteiger partial charge < -0.3 is 15.7 Å². The predicted molar refractivity (Wildman–Crippen MR) is 83.2 cm³/mol. The third kappa shape index (κ3) is 7.34. The Morgan fingerprint density at radius 3 is 2.71 bits per heavy atom. The molecule has 122 valence electrons. The molecular formula is C16H30N2O3. The Bertz CT molecular complexity index is 333. The predicted octanol–water partition coefficient (Wildman–Crippen LogP) is 3.15. The molecule has 1 rings (SSSR count). The highest BCUT2D eigenvalue weighted by molar-refractivity contribution is 5.82. The van der Waals surface area contributed by atoms with E-state index in [0.717, 1.165) is 25.2 Å². The summed E-state index contributed by atoms with van der Waals surface area (Å²) in [5, 5.41) is 14.4. The Balaban J connectivity index is 2.21. The van der Waals surface area contributed by atoms with Gasteiger partial charge in [0.15, 0.2) is 0 Å². The third-order valence-electron chi connectivity index (χ3n) is 4.33. The van der Waals surface area contributed by atoms with Gasteiger partial charge in [0.25, 0.3) is 0 Å². The van der Waals surface area contributed by atoms with Crippen LogP contribution in [0.2, 0.25) is 0 Å². The first-order chi connectivity index (χ1) is 10.0. The number of hydrogen-bond acceptors (Lipinski definition) is 2. The summed E-state index contributed by atoms with van der Waals surface area (Å²) in [4.78, 5) is 22.8. The summed E-state index contributed by atoms with van der Waals surface area (Å²) in [6.45, 7) is 4.92. The fourth-order valence-corrected chi connectivity index (χ4v) is 3.09.